The fourth-order valence-electron chi connectivity index (χ4n) is 3.76. The van der Waals surface area contributed by atoms with Gasteiger partial charge in [0.1, 0.15) is 23.4 Å². The van der Waals surface area contributed by atoms with Gasteiger partial charge in [0.05, 0.1) is 11.7 Å². The maximum atomic E-state index is 13.5. The molecule has 0 spiro atoms. The number of benzene rings is 2. The third kappa shape index (κ3) is 3.91. The molecule has 164 valence electrons. The number of ether oxygens (including phenoxy) is 1. The molecule has 1 aliphatic rings. The maximum absolute atomic E-state index is 13.5. The lowest BCUT2D eigenvalue weighted by atomic mass is 9.98. The van der Waals surface area contributed by atoms with Gasteiger partial charge < -0.3 is 9.84 Å². The summed E-state index contributed by atoms with van der Waals surface area (Å²) in [6.07, 6.45) is -0.0646. The molecule has 1 fully saturated rings. The van der Waals surface area contributed by atoms with Crippen LogP contribution in [0, 0.1) is 12.7 Å². The van der Waals surface area contributed by atoms with E-state index in [0.29, 0.717) is 17.0 Å². The Morgan fingerprint density at radius 3 is 2.47 bits per heavy atom. The molecule has 0 radical (unpaired) electrons. The summed E-state index contributed by atoms with van der Waals surface area (Å²) < 4.78 is 19.2. The van der Waals surface area contributed by atoms with Gasteiger partial charge in [-0.2, -0.15) is 0 Å². The van der Waals surface area contributed by atoms with Crippen molar-refractivity contribution in [1.82, 2.24) is 0 Å². The Kier molecular flexibility index (Phi) is 5.84. The first-order valence-corrected chi connectivity index (χ1v) is 11.0. The zero-order valence-corrected chi connectivity index (χ0v) is 18.7. The van der Waals surface area contributed by atoms with Crippen LogP contribution in [0.15, 0.2) is 65.6 Å². The Hall–Kier alpha value is -3.45. The first kappa shape index (κ1) is 21.8. The van der Waals surface area contributed by atoms with Gasteiger partial charge in [-0.05, 0) is 74.2 Å². The lowest BCUT2D eigenvalue weighted by Gasteiger charge is -2.25. The van der Waals surface area contributed by atoms with E-state index in [9.17, 15) is 19.1 Å². The minimum atomic E-state index is -0.824. The van der Waals surface area contributed by atoms with Gasteiger partial charge in [0.2, 0.25) is 0 Å². The normalized spacial score (nSPS) is 17.9. The highest BCUT2D eigenvalue weighted by Gasteiger charge is 2.47. The number of thiophene rings is 1. The summed E-state index contributed by atoms with van der Waals surface area (Å²) in [5.41, 5.74) is 1.63. The van der Waals surface area contributed by atoms with Gasteiger partial charge in [-0.1, -0.05) is 12.1 Å². The molecule has 0 aliphatic carbocycles. The fraction of sp³-hybridized carbons (Fsp3) is 0.200. The van der Waals surface area contributed by atoms with Crippen LogP contribution in [0.25, 0.3) is 5.76 Å². The molecule has 5 nitrogen and oxygen atoms in total. The molecule has 7 heteroatoms. The molecular formula is C25H22FNO4S. The number of carbonyl (C=O) groups excluding carboxylic acids is 2. The van der Waals surface area contributed by atoms with Gasteiger partial charge in [-0.25, -0.2) is 4.39 Å². The molecule has 32 heavy (non-hydrogen) atoms. The van der Waals surface area contributed by atoms with E-state index in [1.807, 2.05) is 32.2 Å². The van der Waals surface area contributed by atoms with E-state index < -0.39 is 23.5 Å². The quantitative estimate of drug-likeness (QED) is 0.311. The number of amides is 1. The summed E-state index contributed by atoms with van der Waals surface area (Å²) >= 11 is 1.39. The highest BCUT2D eigenvalue weighted by Crippen LogP contribution is 2.45. The van der Waals surface area contributed by atoms with Crippen LogP contribution in [0.3, 0.4) is 0 Å². The van der Waals surface area contributed by atoms with Crippen LogP contribution >= 0.6 is 11.3 Å². The number of hydrogen-bond acceptors (Lipinski definition) is 5. The Balaban J connectivity index is 1.90. The summed E-state index contributed by atoms with van der Waals surface area (Å²) in [5.74, 6) is -1.75. The Morgan fingerprint density at radius 1 is 1.12 bits per heavy atom. The number of carbonyl (C=O) groups is 2. The second-order valence-corrected chi connectivity index (χ2v) is 8.76. The standard InChI is InChI=1S/C25H22FNO4S/c1-14(2)31-19-6-4-5-16(13-19)22(28)20-21(24-15(3)11-12-32-24)27(25(30)23(20)29)18-9-7-17(26)8-10-18/h4-14,21,28H,1-3H3/b22-20-. The van der Waals surface area contributed by atoms with E-state index in [-0.39, 0.29) is 17.4 Å². The zero-order chi connectivity index (χ0) is 23.0. The molecule has 1 N–H and O–H groups in total. The number of rotatable bonds is 5. The van der Waals surface area contributed by atoms with Crippen LogP contribution in [0.2, 0.25) is 0 Å². The predicted octanol–water partition coefficient (Wildman–Crippen LogP) is 5.61. The van der Waals surface area contributed by atoms with Crippen molar-refractivity contribution >= 4 is 34.5 Å². The van der Waals surface area contributed by atoms with Gasteiger partial charge >= 0.3 is 0 Å². The number of nitrogens with zero attached hydrogens (tertiary/aromatic N) is 1. The number of aliphatic hydroxyl groups excluding tert-OH is 1. The topological polar surface area (TPSA) is 66.8 Å². The Labute approximate surface area is 189 Å². The molecule has 3 aromatic rings. The number of aliphatic hydroxyl groups is 1. The molecular weight excluding hydrogens is 429 g/mol. The molecule has 1 amide bonds. The van der Waals surface area contributed by atoms with E-state index in [1.54, 1.807) is 24.3 Å². The van der Waals surface area contributed by atoms with Crippen LogP contribution in [-0.2, 0) is 9.59 Å². The summed E-state index contributed by atoms with van der Waals surface area (Å²) in [6, 6.07) is 13.2. The highest BCUT2D eigenvalue weighted by atomic mass is 32.1. The van der Waals surface area contributed by atoms with Crippen molar-refractivity contribution in [2.24, 2.45) is 0 Å². The molecule has 0 bridgehead atoms. The van der Waals surface area contributed by atoms with Crippen LogP contribution in [-0.4, -0.2) is 22.9 Å². The zero-order valence-electron chi connectivity index (χ0n) is 17.8. The molecule has 1 aliphatic heterocycles. The van der Waals surface area contributed by atoms with Gasteiger partial charge in [0.15, 0.2) is 0 Å². The average Bonchev–Trinajstić information content (AvgIpc) is 3.29. The largest absolute Gasteiger partial charge is 0.507 e. The van der Waals surface area contributed by atoms with Crippen molar-refractivity contribution in [3.05, 3.63) is 87.4 Å². The predicted molar refractivity (Wildman–Crippen MR) is 122 cm³/mol. The number of anilines is 1. The first-order chi connectivity index (χ1) is 15.3. The van der Waals surface area contributed by atoms with Crippen LogP contribution in [0.5, 0.6) is 5.75 Å². The van der Waals surface area contributed by atoms with Crippen molar-refractivity contribution in [1.29, 1.82) is 0 Å². The summed E-state index contributed by atoms with van der Waals surface area (Å²) in [4.78, 5) is 28.3. The van der Waals surface area contributed by atoms with Crippen molar-refractivity contribution in [2.75, 3.05) is 4.90 Å². The highest BCUT2D eigenvalue weighted by molar-refractivity contribution is 7.10. The SMILES string of the molecule is Cc1ccsc1C1/C(=C(/O)c2cccc(OC(C)C)c2)C(=O)C(=O)N1c1ccc(F)cc1. The molecule has 1 aromatic heterocycles. The minimum Gasteiger partial charge on any atom is -0.507 e. The Morgan fingerprint density at radius 2 is 1.84 bits per heavy atom. The van der Waals surface area contributed by atoms with Crippen LogP contribution in [0.1, 0.15) is 35.9 Å². The molecule has 1 saturated heterocycles. The fourth-order valence-corrected chi connectivity index (χ4v) is 4.78. The molecule has 1 atom stereocenters. The minimum absolute atomic E-state index is 0.00780. The third-order valence-corrected chi connectivity index (χ3v) is 6.25. The second kappa shape index (κ2) is 8.59. The van der Waals surface area contributed by atoms with Gasteiger partial charge in [-0.3, -0.25) is 14.5 Å². The molecule has 2 aromatic carbocycles. The second-order valence-electron chi connectivity index (χ2n) is 7.81. The van der Waals surface area contributed by atoms with Crippen molar-refractivity contribution in [3.8, 4) is 5.75 Å². The maximum Gasteiger partial charge on any atom is 0.300 e. The van der Waals surface area contributed by atoms with Crippen molar-refractivity contribution in [3.63, 3.8) is 0 Å². The van der Waals surface area contributed by atoms with Crippen LogP contribution in [0.4, 0.5) is 10.1 Å². The van der Waals surface area contributed by atoms with E-state index >= 15 is 0 Å². The van der Waals surface area contributed by atoms with E-state index in [2.05, 4.69) is 0 Å². The number of Topliss-reactive ketones (excluding diaryl/α,β-unsaturated/α-hetero) is 1. The number of halogens is 1. The monoisotopic (exact) mass is 451 g/mol. The summed E-state index contributed by atoms with van der Waals surface area (Å²) in [6.45, 7) is 5.66. The van der Waals surface area contributed by atoms with E-state index in [0.717, 1.165) is 10.4 Å². The smallest absolute Gasteiger partial charge is 0.300 e. The lowest BCUT2D eigenvalue weighted by Crippen LogP contribution is -2.29. The van der Waals surface area contributed by atoms with Gasteiger partial charge in [0.25, 0.3) is 11.7 Å². The number of ketones is 1. The van der Waals surface area contributed by atoms with Crippen LogP contribution < -0.4 is 9.64 Å². The molecule has 1 unspecified atom stereocenters. The van der Waals surface area contributed by atoms with Crippen molar-refractivity contribution in [2.45, 2.75) is 32.9 Å². The lowest BCUT2D eigenvalue weighted by molar-refractivity contribution is -0.132. The van der Waals surface area contributed by atoms with E-state index in [1.165, 1.54) is 40.5 Å². The van der Waals surface area contributed by atoms with Crippen molar-refractivity contribution < 1.29 is 23.8 Å². The molecule has 2 heterocycles. The van der Waals surface area contributed by atoms with Gasteiger partial charge in [0, 0.05) is 16.1 Å². The van der Waals surface area contributed by atoms with E-state index in [4.69, 9.17) is 4.74 Å². The summed E-state index contributed by atoms with van der Waals surface area (Å²) in [7, 11) is 0. The number of aryl methyl sites for hydroxylation is 1. The molecule has 0 saturated carbocycles. The third-order valence-electron chi connectivity index (χ3n) is 5.18. The molecule has 4 rings (SSSR count). The summed E-state index contributed by atoms with van der Waals surface area (Å²) in [5, 5.41) is 13.1. The number of hydrogen-bond donors (Lipinski definition) is 1. The Bertz CT molecular complexity index is 1210. The first-order valence-electron chi connectivity index (χ1n) is 10.2. The average molecular weight is 452 g/mol. The van der Waals surface area contributed by atoms with Gasteiger partial charge in [-0.15, -0.1) is 11.3 Å².